The number of thioether (sulfide) groups is 1. The molecule has 134 valence electrons. The number of carbonyl (C=O) groups is 1. The van der Waals surface area contributed by atoms with E-state index in [0.29, 0.717) is 5.75 Å². The maximum atomic E-state index is 12.5. The number of rotatable bonds is 7. The third kappa shape index (κ3) is 5.10. The van der Waals surface area contributed by atoms with Crippen LogP contribution in [0.1, 0.15) is 11.6 Å². The molecule has 4 heteroatoms. The van der Waals surface area contributed by atoms with Crippen LogP contribution in [-0.2, 0) is 4.79 Å². The average Bonchev–Trinajstić information content (AvgIpc) is 2.66. The molecule has 0 heterocycles. The third-order valence-electron chi connectivity index (χ3n) is 4.24. The Morgan fingerprint density at radius 3 is 2.38 bits per heavy atom. The van der Waals surface area contributed by atoms with Crippen LogP contribution < -0.4 is 10.2 Å². The minimum Gasteiger partial charge on any atom is -0.343 e. The van der Waals surface area contributed by atoms with Crippen molar-refractivity contribution in [1.82, 2.24) is 5.32 Å². The van der Waals surface area contributed by atoms with Gasteiger partial charge in [-0.25, -0.2) is 0 Å². The van der Waals surface area contributed by atoms with Gasteiger partial charge in [-0.2, -0.15) is 0 Å². The van der Waals surface area contributed by atoms with E-state index < -0.39 is 0 Å². The molecule has 0 saturated heterocycles. The van der Waals surface area contributed by atoms with Gasteiger partial charge in [0.1, 0.15) is 12.6 Å². The van der Waals surface area contributed by atoms with Crippen LogP contribution in [0.4, 0.5) is 0 Å². The summed E-state index contributed by atoms with van der Waals surface area (Å²) in [4.78, 5) is 14.9. The minimum absolute atomic E-state index is 0.0332. The lowest BCUT2D eigenvalue weighted by Gasteiger charge is -2.20. The van der Waals surface area contributed by atoms with Gasteiger partial charge >= 0.3 is 0 Å². The molecule has 0 aromatic heterocycles. The van der Waals surface area contributed by atoms with Gasteiger partial charge in [0.15, 0.2) is 0 Å². The van der Waals surface area contributed by atoms with Crippen molar-refractivity contribution < 1.29 is 9.69 Å². The maximum absolute atomic E-state index is 12.5. The highest BCUT2D eigenvalue weighted by atomic mass is 32.2. The van der Waals surface area contributed by atoms with Crippen LogP contribution in [-0.4, -0.2) is 32.3 Å². The molecule has 0 aliphatic carbocycles. The second-order valence-corrected chi connectivity index (χ2v) is 7.79. The average molecular weight is 366 g/mol. The zero-order chi connectivity index (χ0) is 18.4. The lowest BCUT2D eigenvalue weighted by atomic mass is 10.1. The van der Waals surface area contributed by atoms with E-state index in [1.165, 1.54) is 15.7 Å². The number of hydrogen-bond acceptors (Lipinski definition) is 2. The Labute approximate surface area is 159 Å². The second kappa shape index (κ2) is 8.88. The summed E-state index contributed by atoms with van der Waals surface area (Å²) in [5.74, 6) is 0.489. The van der Waals surface area contributed by atoms with Crippen LogP contribution in [0.3, 0.4) is 0 Å². The van der Waals surface area contributed by atoms with Gasteiger partial charge in [0.25, 0.3) is 0 Å². The van der Waals surface area contributed by atoms with Crippen molar-refractivity contribution in [3.63, 3.8) is 0 Å². The SMILES string of the molecule is C[NH+](C)C[C@@H](NC(=O)CSc1ccc2ccccc2c1)c1ccccc1. The molecule has 0 aliphatic rings. The smallest absolute Gasteiger partial charge is 0.231 e. The standard InChI is InChI=1S/C22H24N2OS/c1-24(2)15-21(18-9-4-3-5-10-18)23-22(25)16-26-20-13-12-17-8-6-7-11-19(17)14-20/h3-14,21H,15-16H2,1-2H3,(H,23,25)/p+1/t21-/m1/s1. The number of quaternary nitrogens is 1. The van der Waals surface area contributed by atoms with Gasteiger partial charge in [-0.15, -0.1) is 11.8 Å². The Morgan fingerprint density at radius 2 is 1.65 bits per heavy atom. The molecule has 0 saturated carbocycles. The molecule has 1 atom stereocenters. The first-order chi connectivity index (χ1) is 12.6. The molecule has 2 N–H and O–H groups in total. The van der Waals surface area contributed by atoms with Gasteiger partial charge in [0.05, 0.1) is 19.8 Å². The monoisotopic (exact) mass is 365 g/mol. The molecule has 1 amide bonds. The summed E-state index contributed by atoms with van der Waals surface area (Å²) in [5.41, 5.74) is 1.15. The molecule has 0 spiro atoms. The molecular weight excluding hydrogens is 340 g/mol. The molecule has 3 rings (SSSR count). The van der Waals surface area contributed by atoms with E-state index in [1.807, 2.05) is 30.3 Å². The molecule has 0 aliphatic heterocycles. The predicted molar refractivity (Wildman–Crippen MR) is 110 cm³/mol. The fraction of sp³-hybridized carbons (Fsp3) is 0.227. The van der Waals surface area contributed by atoms with Crippen molar-refractivity contribution in [3.05, 3.63) is 78.4 Å². The van der Waals surface area contributed by atoms with Gasteiger partial charge in [0.2, 0.25) is 5.91 Å². The number of amides is 1. The first-order valence-electron chi connectivity index (χ1n) is 8.87. The first kappa shape index (κ1) is 18.5. The van der Waals surface area contributed by atoms with E-state index >= 15 is 0 Å². The third-order valence-corrected chi connectivity index (χ3v) is 5.23. The van der Waals surface area contributed by atoms with E-state index in [1.54, 1.807) is 11.8 Å². The molecule has 3 aromatic carbocycles. The number of benzene rings is 3. The van der Waals surface area contributed by atoms with Crippen LogP contribution in [0.5, 0.6) is 0 Å². The van der Waals surface area contributed by atoms with E-state index in [0.717, 1.165) is 17.0 Å². The highest BCUT2D eigenvalue weighted by molar-refractivity contribution is 8.00. The summed E-state index contributed by atoms with van der Waals surface area (Å²) in [5, 5.41) is 5.62. The van der Waals surface area contributed by atoms with Crippen LogP contribution >= 0.6 is 11.8 Å². The summed E-state index contributed by atoms with van der Waals surface area (Å²) in [6.45, 7) is 0.858. The van der Waals surface area contributed by atoms with Crippen molar-refractivity contribution in [2.45, 2.75) is 10.9 Å². The van der Waals surface area contributed by atoms with Gasteiger partial charge in [0, 0.05) is 4.90 Å². The lowest BCUT2D eigenvalue weighted by molar-refractivity contribution is -0.860. The quantitative estimate of drug-likeness (QED) is 0.631. The largest absolute Gasteiger partial charge is 0.343 e. The first-order valence-corrected chi connectivity index (χ1v) is 9.85. The van der Waals surface area contributed by atoms with Crippen LogP contribution in [0.2, 0.25) is 0 Å². The zero-order valence-corrected chi connectivity index (χ0v) is 16.1. The molecule has 0 bridgehead atoms. The number of nitrogens with one attached hydrogen (secondary N) is 2. The van der Waals surface area contributed by atoms with Gasteiger partial charge in [-0.3, -0.25) is 4.79 Å². The van der Waals surface area contributed by atoms with E-state index in [-0.39, 0.29) is 11.9 Å². The fourth-order valence-electron chi connectivity index (χ4n) is 2.99. The minimum atomic E-state index is 0.0332. The highest BCUT2D eigenvalue weighted by Gasteiger charge is 2.17. The topological polar surface area (TPSA) is 33.5 Å². The molecule has 0 unspecified atom stereocenters. The number of hydrogen-bond donors (Lipinski definition) is 2. The van der Waals surface area contributed by atoms with Crippen molar-refractivity contribution in [2.75, 3.05) is 26.4 Å². The molecule has 0 fully saturated rings. The Morgan fingerprint density at radius 1 is 0.962 bits per heavy atom. The summed E-state index contributed by atoms with van der Waals surface area (Å²) >= 11 is 1.58. The summed E-state index contributed by atoms with van der Waals surface area (Å²) in [6.07, 6.45) is 0. The van der Waals surface area contributed by atoms with Crippen LogP contribution in [0.25, 0.3) is 10.8 Å². The lowest BCUT2D eigenvalue weighted by Crippen LogP contribution is -3.06. The predicted octanol–water partition coefficient (Wildman–Crippen LogP) is 2.93. The zero-order valence-electron chi connectivity index (χ0n) is 15.2. The van der Waals surface area contributed by atoms with Crippen molar-refractivity contribution in [3.8, 4) is 0 Å². The Balaban J connectivity index is 1.62. The maximum Gasteiger partial charge on any atom is 0.231 e. The van der Waals surface area contributed by atoms with E-state index in [9.17, 15) is 4.79 Å². The van der Waals surface area contributed by atoms with E-state index in [4.69, 9.17) is 0 Å². The molecule has 0 radical (unpaired) electrons. The number of fused-ring (bicyclic) bond motifs is 1. The number of likely N-dealkylation sites (N-methyl/N-ethyl adjacent to an activating group) is 1. The van der Waals surface area contributed by atoms with Crippen molar-refractivity contribution in [1.29, 1.82) is 0 Å². The van der Waals surface area contributed by atoms with Crippen molar-refractivity contribution in [2.24, 2.45) is 0 Å². The summed E-state index contributed by atoms with van der Waals surface area (Å²) in [7, 11) is 4.21. The Kier molecular flexibility index (Phi) is 6.31. The second-order valence-electron chi connectivity index (χ2n) is 6.74. The summed E-state index contributed by atoms with van der Waals surface area (Å²) < 4.78 is 0. The molecule has 26 heavy (non-hydrogen) atoms. The van der Waals surface area contributed by atoms with Gasteiger partial charge < -0.3 is 10.2 Å². The Hall–Kier alpha value is -2.30. The fourth-order valence-corrected chi connectivity index (χ4v) is 3.74. The Bertz CT molecular complexity index is 864. The van der Waals surface area contributed by atoms with Crippen LogP contribution in [0.15, 0.2) is 77.7 Å². The van der Waals surface area contributed by atoms with Gasteiger partial charge in [-0.1, -0.05) is 60.7 Å². The summed E-state index contributed by atoms with van der Waals surface area (Å²) in [6, 6.07) is 24.8. The van der Waals surface area contributed by atoms with Crippen molar-refractivity contribution >= 4 is 28.4 Å². The number of carbonyl (C=O) groups excluding carboxylic acids is 1. The van der Waals surface area contributed by atoms with Crippen LogP contribution in [0, 0.1) is 0 Å². The van der Waals surface area contributed by atoms with E-state index in [2.05, 4.69) is 61.9 Å². The molecule has 3 aromatic rings. The molecule has 3 nitrogen and oxygen atoms in total. The molecular formula is C22H25N2OS+. The normalized spacial score (nSPS) is 12.3. The highest BCUT2D eigenvalue weighted by Crippen LogP contribution is 2.23. The van der Waals surface area contributed by atoms with Gasteiger partial charge in [-0.05, 0) is 28.5 Å².